The van der Waals surface area contributed by atoms with Crippen molar-refractivity contribution in [2.45, 2.75) is 50.0 Å². The molecule has 0 spiro atoms. The fraction of sp³-hybridized carbons (Fsp3) is 0.407. The standard InChI is InChI=1S/C27H31NO9/c1-16(29)35-24-23(31)22-14-28-15-27(33,37-22)25(24)36-26(32)19(10-8-17-6-4-3-5-7-17)12-18-9-11-20(30)21(13-18)34-2/h3-7,9,11-13,22-25,28,30-31,33H,8,10,14-15H2,1-2H3. The molecule has 0 radical (unpaired) electrons. The zero-order chi connectivity index (χ0) is 26.6. The predicted octanol–water partition coefficient (Wildman–Crippen LogP) is 1.31. The minimum Gasteiger partial charge on any atom is -0.504 e. The summed E-state index contributed by atoms with van der Waals surface area (Å²) in [4.78, 5) is 25.3. The van der Waals surface area contributed by atoms with Gasteiger partial charge in [-0.05, 0) is 42.2 Å². The number of carbonyl (C=O) groups is 2. The summed E-state index contributed by atoms with van der Waals surface area (Å²) in [7, 11) is 1.42. The van der Waals surface area contributed by atoms with Gasteiger partial charge in [-0.2, -0.15) is 0 Å². The highest BCUT2D eigenvalue weighted by Crippen LogP contribution is 2.35. The molecule has 37 heavy (non-hydrogen) atoms. The Kier molecular flexibility index (Phi) is 8.13. The van der Waals surface area contributed by atoms with Gasteiger partial charge < -0.3 is 39.6 Å². The van der Waals surface area contributed by atoms with Crippen molar-refractivity contribution in [3.8, 4) is 11.5 Å². The number of benzene rings is 2. The molecule has 2 fully saturated rings. The molecule has 2 saturated heterocycles. The zero-order valence-electron chi connectivity index (χ0n) is 20.6. The maximum absolute atomic E-state index is 13.5. The van der Waals surface area contributed by atoms with Crippen molar-refractivity contribution in [3.05, 3.63) is 65.2 Å². The third kappa shape index (κ3) is 6.11. The lowest BCUT2D eigenvalue weighted by Gasteiger charge is -2.51. The summed E-state index contributed by atoms with van der Waals surface area (Å²) < 4.78 is 21.8. The van der Waals surface area contributed by atoms with Gasteiger partial charge in [-0.25, -0.2) is 4.79 Å². The molecule has 0 amide bonds. The summed E-state index contributed by atoms with van der Waals surface area (Å²) in [5.74, 6) is -3.30. The van der Waals surface area contributed by atoms with Crippen molar-refractivity contribution in [3.63, 3.8) is 0 Å². The van der Waals surface area contributed by atoms with Crippen molar-refractivity contribution < 1.29 is 43.9 Å². The number of carbonyl (C=O) groups excluding carboxylic acids is 2. The Labute approximate surface area is 214 Å². The van der Waals surface area contributed by atoms with Crippen molar-refractivity contribution >= 4 is 18.0 Å². The molecule has 2 aromatic rings. The monoisotopic (exact) mass is 513 g/mol. The number of esters is 2. The first kappa shape index (κ1) is 26.6. The fourth-order valence-electron chi connectivity index (χ4n) is 4.56. The van der Waals surface area contributed by atoms with E-state index < -0.39 is 42.1 Å². The van der Waals surface area contributed by atoms with E-state index in [1.807, 2.05) is 30.3 Å². The van der Waals surface area contributed by atoms with E-state index in [-0.39, 0.29) is 36.6 Å². The minimum absolute atomic E-state index is 0.0489. The van der Waals surface area contributed by atoms with Gasteiger partial charge in [-0.15, -0.1) is 0 Å². The Hall–Kier alpha value is -3.44. The molecule has 2 bridgehead atoms. The number of hydrogen-bond donors (Lipinski definition) is 4. The lowest BCUT2D eigenvalue weighted by atomic mass is 9.89. The van der Waals surface area contributed by atoms with Gasteiger partial charge in [0.2, 0.25) is 5.79 Å². The molecule has 5 unspecified atom stereocenters. The van der Waals surface area contributed by atoms with Crippen LogP contribution in [0.1, 0.15) is 24.5 Å². The van der Waals surface area contributed by atoms with Gasteiger partial charge >= 0.3 is 11.9 Å². The Bertz CT molecular complexity index is 1150. The summed E-state index contributed by atoms with van der Waals surface area (Å²) in [5.41, 5.74) is 1.82. The van der Waals surface area contributed by atoms with E-state index in [1.165, 1.54) is 20.1 Å². The lowest BCUT2D eigenvalue weighted by molar-refractivity contribution is -0.355. The second-order valence-electron chi connectivity index (χ2n) is 9.11. The topological polar surface area (TPSA) is 144 Å². The van der Waals surface area contributed by atoms with Crippen LogP contribution in [0.15, 0.2) is 54.1 Å². The zero-order valence-corrected chi connectivity index (χ0v) is 20.6. The minimum atomic E-state index is -2.01. The number of rotatable bonds is 8. The second-order valence-corrected chi connectivity index (χ2v) is 9.11. The molecule has 0 aliphatic carbocycles. The largest absolute Gasteiger partial charge is 0.504 e. The van der Waals surface area contributed by atoms with Crippen LogP contribution in [0.2, 0.25) is 0 Å². The molecule has 0 saturated carbocycles. The van der Waals surface area contributed by atoms with Gasteiger partial charge in [0, 0.05) is 19.0 Å². The highest BCUT2D eigenvalue weighted by molar-refractivity contribution is 5.94. The van der Waals surface area contributed by atoms with E-state index >= 15 is 0 Å². The Balaban J connectivity index is 1.64. The summed E-state index contributed by atoms with van der Waals surface area (Å²) in [6.07, 6.45) is -2.60. The molecule has 2 heterocycles. The third-order valence-electron chi connectivity index (χ3n) is 6.41. The van der Waals surface area contributed by atoms with E-state index in [0.717, 1.165) is 5.56 Å². The molecule has 2 aromatic carbocycles. The summed E-state index contributed by atoms with van der Waals surface area (Å²) in [6.45, 7) is 1.31. The van der Waals surface area contributed by atoms with Crippen LogP contribution < -0.4 is 10.1 Å². The first-order valence-electron chi connectivity index (χ1n) is 12.0. The van der Waals surface area contributed by atoms with Crippen LogP contribution in [0.4, 0.5) is 0 Å². The summed E-state index contributed by atoms with van der Waals surface area (Å²) in [5, 5.41) is 34.8. The van der Waals surface area contributed by atoms with E-state index in [9.17, 15) is 24.9 Å². The number of fused-ring (bicyclic) bond motifs is 2. The van der Waals surface area contributed by atoms with Crippen LogP contribution >= 0.6 is 0 Å². The number of aromatic hydroxyl groups is 1. The van der Waals surface area contributed by atoms with Gasteiger partial charge in [0.05, 0.1) is 13.7 Å². The molecule has 10 nitrogen and oxygen atoms in total. The molecule has 4 rings (SSSR count). The highest BCUT2D eigenvalue weighted by atomic mass is 16.7. The number of ether oxygens (including phenoxy) is 4. The van der Waals surface area contributed by atoms with E-state index in [4.69, 9.17) is 18.9 Å². The molecule has 2 aliphatic rings. The highest BCUT2D eigenvalue weighted by Gasteiger charge is 2.59. The Morgan fingerprint density at radius 1 is 1.19 bits per heavy atom. The Morgan fingerprint density at radius 3 is 2.65 bits per heavy atom. The number of phenols is 1. The number of hydrogen-bond acceptors (Lipinski definition) is 10. The average Bonchev–Trinajstić information content (AvgIpc) is 2.88. The SMILES string of the molecule is COc1cc(C=C(CCc2ccccc2)C(=O)OC2C(OC(C)=O)C(O)C3CNCC2(O)O3)ccc1O. The van der Waals surface area contributed by atoms with Crippen LogP contribution in [0, 0.1) is 0 Å². The number of nitrogens with one attached hydrogen (secondary N) is 1. The van der Waals surface area contributed by atoms with Gasteiger partial charge in [0.15, 0.2) is 23.7 Å². The second kappa shape index (κ2) is 11.3. The van der Waals surface area contributed by atoms with Gasteiger partial charge in [-0.3, -0.25) is 4.79 Å². The van der Waals surface area contributed by atoms with Crippen molar-refractivity contribution in [1.29, 1.82) is 0 Å². The maximum atomic E-state index is 13.5. The van der Waals surface area contributed by atoms with Crippen LogP contribution in [0.25, 0.3) is 6.08 Å². The van der Waals surface area contributed by atoms with Gasteiger partial charge in [0.1, 0.15) is 12.2 Å². The van der Waals surface area contributed by atoms with E-state index in [0.29, 0.717) is 12.0 Å². The maximum Gasteiger partial charge on any atom is 0.334 e. The van der Waals surface area contributed by atoms with E-state index in [2.05, 4.69) is 5.32 Å². The smallest absolute Gasteiger partial charge is 0.334 e. The number of aryl methyl sites for hydroxylation is 1. The molecule has 0 aromatic heterocycles. The first-order chi connectivity index (χ1) is 17.7. The summed E-state index contributed by atoms with van der Waals surface area (Å²) in [6, 6.07) is 14.2. The molecular weight excluding hydrogens is 482 g/mol. The molecule has 5 atom stereocenters. The first-order valence-corrected chi connectivity index (χ1v) is 12.0. The normalized spacial score (nSPS) is 27.3. The third-order valence-corrected chi connectivity index (χ3v) is 6.41. The van der Waals surface area contributed by atoms with E-state index in [1.54, 1.807) is 18.2 Å². The van der Waals surface area contributed by atoms with Gasteiger partial charge in [-0.1, -0.05) is 36.4 Å². The van der Waals surface area contributed by atoms with Crippen molar-refractivity contribution in [2.75, 3.05) is 20.2 Å². The quantitative estimate of drug-likeness (QED) is 0.301. The van der Waals surface area contributed by atoms with Crippen LogP contribution in [0.3, 0.4) is 0 Å². The molecule has 2 aliphatic heterocycles. The van der Waals surface area contributed by atoms with Crippen LogP contribution in [-0.2, 0) is 30.2 Å². The number of aliphatic hydroxyl groups is 2. The fourth-order valence-corrected chi connectivity index (χ4v) is 4.56. The number of aliphatic hydroxyl groups excluding tert-OH is 1. The number of β-amino-alcohol motifs (C(OH)–C–C–N with tert-alkyl or cyclic N) is 1. The van der Waals surface area contributed by atoms with Crippen molar-refractivity contribution in [2.24, 2.45) is 0 Å². The molecule has 198 valence electrons. The summed E-state index contributed by atoms with van der Waals surface area (Å²) >= 11 is 0. The van der Waals surface area contributed by atoms with Crippen LogP contribution in [-0.4, -0.2) is 77.7 Å². The van der Waals surface area contributed by atoms with Crippen LogP contribution in [0.5, 0.6) is 11.5 Å². The number of phenolic OH excluding ortho intramolecular Hbond substituents is 1. The number of methoxy groups -OCH3 is 1. The Morgan fingerprint density at radius 2 is 1.95 bits per heavy atom. The predicted molar refractivity (Wildman–Crippen MR) is 132 cm³/mol. The van der Waals surface area contributed by atoms with Gasteiger partial charge in [0.25, 0.3) is 0 Å². The average molecular weight is 514 g/mol. The number of morpholine rings is 1. The van der Waals surface area contributed by atoms with Crippen molar-refractivity contribution in [1.82, 2.24) is 5.32 Å². The lowest BCUT2D eigenvalue weighted by Crippen LogP contribution is -2.73. The molecular formula is C27H31NO9. The molecule has 10 heteroatoms. The molecule has 4 N–H and O–H groups in total.